The average Bonchev–Trinajstić information content (AvgIpc) is 2.62. The van der Waals surface area contributed by atoms with Crippen molar-refractivity contribution in [2.45, 2.75) is 43.9 Å². The molecule has 4 heteroatoms. The summed E-state index contributed by atoms with van der Waals surface area (Å²) in [6.45, 7) is 7.10. The van der Waals surface area contributed by atoms with Gasteiger partial charge in [0, 0.05) is 12.7 Å². The summed E-state index contributed by atoms with van der Waals surface area (Å²) < 4.78 is 27.1. The van der Waals surface area contributed by atoms with Gasteiger partial charge in [0.15, 0.2) is 0 Å². The fraction of sp³-hybridized carbons (Fsp3) is 0.333. The van der Waals surface area contributed by atoms with Gasteiger partial charge in [-0.25, -0.2) is 8.42 Å². The molecular formula is C21H25NO2S. The van der Waals surface area contributed by atoms with Gasteiger partial charge in [-0.15, -0.1) is 0 Å². The van der Waals surface area contributed by atoms with Crippen molar-refractivity contribution in [2.24, 2.45) is 0 Å². The molecule has 0 aromatic heterocycles. The highest BCUT2D eigenvalue weighted by atomic mass is 32.2. The van der Waals surface area contributed by atoms with Crippen LogP contribution >= 0.6 is 0 Å². The zero-order valence-corrected chi connectivity index (χ0v) is 15.9. The Labute approximate surface area is 151 Å². The third-order valence-electron chi connectivity index (χ3n) is 4.60. The third kappa shape index (κ3) is 3.79. The molecule has 1 aliphatic rings. The van der Waals surface area contributed by atoms with Crippen molar-refractivity contribution in [2.75, 3.05) is 6.54 Å². The second kappa shape index (κ2) is 6.68. The summed E-state index contributed by atoms with van der Waals surface area (Å²) in [7, 11) is -3.48. The Morgan fingerprint density at radius 2 is 1.56 bits per heavy atom. The summed E-state index contributed by atoms with van der Waals surface area (Å²) in [5, 5.41) is 0. The largest absolute Gasteiger partial charge is 0.273 e. The van der Waals surface area contributed by atoms with E-state index < -0.39 is 10.0 Å². The molecule has 0 spiro atoms. The van der Waals surface area contributed by atoms with E-state index in [1.807, 2.05) is 6.07 Å². The van der Waals surface area contributed by atoms with Crippen molar-refractivity contribution in [3.8, 4) is 0 Å². The minimum absolute atomic E-state index is 0.113. The first kappa shape index (κ1) is 17.7. The van der Waals surface area contributed by atoms with E-state index in [4.69, 9.17) is 0 Å². The van der Waals surface area contributed by atoms with Crippen molar-refractivity contribution in [1.29, 1.82) is 0 Å². The normalized spacial score (nSPS) is 15.8. The number of nitrogens with zero attached hydrogens (tertiary/aromatic N) is 1. The number of sulfonamides is 1. The van der Waals surface area contributed by atoms with Crippen molar-refractivity contribution in [3.63, 3.8) is 0 Å². The van der Waals surface area contributed by atoms with Gasteiger partial charge < -0.3 is 0 Å². The van der Waals surface area contributed by atoms with Gasteiger partial charge in [0.2, 0.25) is 0 Å². The molecule has 3 nitrogen and oxygen atoms in total. The highest BCUT2D eigenvalue weighted by Crippen LogP contribution is 2.30. The zero-order valence-electron chi connectivity index (χ0n) is 15.1. The predicted molar refractivity (Wildman–Crippen MR) is 103 cm³/mol. The average molecular weight is 356 g/mol. The molecule has 0 saturated heterocycles. The highest BCUT2D eigenvalue weighted by molar-refractivity contribution is 7.89. The van der Waals surface area contributed by atoms with Gasteiger partial charge in [-0.3, -0.25) is 4.31 Å². The molecule has 0 radical (unpaired) electrons. The first-order valence-corrected chi connectivity index (χ1v) is 10.1. The molecule has 0 saturated carbocycles. The molecule has 0 atom stereocenters. The van der Waals surface area contributed by atoms with Crippen LogP contribution in [0.15, 0.2) is 65.7 Å². The maximum atomic E-state index is 12.8. The molecule has 0 amide bonds. The van der Waals surface area contributed by atoms with Crippen LogP contribution in [0, 0.1) is 0 Å². The fourth-order valence-electron chi connectivity index (χ4n) is 3.05. The SMILES string of the molecule is CC(C)(C)c1ccc(C2=CN(S(=O)(=O)c3ccccc3)CCC2)cc1. The molecular weight excluding hydrogens is 330 g/mol. The summed E-state index contributed by atoms with van der Waals surface area (Å²) in [4.78, 5) is 0.343. The number of hydrogen-bond donors (Lipinski definition) is 0. The van der Waals surface area contributed by atoms with Gasteiger partial charge in [-0.1, -0.05) is 63.2 Å². The summed E-state index contributed by atoms with van der Waals surface area (Å²) in [5.41, 5.74) is 3.57. The minimum atomic E-state index is -3.48. The summed E-state index contributed by atoms with van der Waals surface area (Å²) in [6, 6.07) is 17.1. The van der Waals surface area contributed by atoms with Crippen molar-refractivity contribution in [3.05, 3.63) is 71.9 Å². The molecule has 0 N–H and O–H groups in total. The molecule has 0 bridgehead atoms. The van der Waals surface area contributed by atoms with E-state index in [2.05, 4.69) is 45.0 Å². The first-order chi connectivity index (χ1) is 11.8. The van der Waals surface area contributed by atoms with Gasteiger partial charge in [0.05, 0.1) is 4.90 Å². The molecule has 0 fully saturated rings. The van der Waals surface area contributed by atoms with Crippen LogP contribution in [-0.2, 0) is 15.4 Å². The monoisotopic (exact) mass is 355 g/mol. The minimum Gasteiger partial charge on any atom is -0.273 e. The fourth-order valence-corrected chi connectivity index (χ4v) is 4.46. The second-order valence-electron chi connectivity index (χ2n) is 7.51. The van der Waals surface area contributed by atoms with Crippen LogP contribution in [0.25, 0.3) is 5.57 Å². The van der Waals surface area contributed by atoms with Crippen molar-refractivity contribution in [1.82, 2.24) is 4.31 Å². The van der Waals surface area contributed by atoms with Gasteiger partial charge in [-0.2, -0.15) is 0 Å². The van der Waals surface area contributed by atoms with Crippen LogP contribution in [0.2, 0.25) is 0 Å². The van der Waals surface area contributed by atoms with Crippen LogP contribution in [0.4, 0.5) is 0 Å². The molecule has 2 aromatic carbocycles. The van der Waals surface area contributed by atoms with Crippen LogP contribution < -0.4 is 0 Å². The highest BCUT2D eigenvalue weighted by Gasteiger charge is 2.24. The molecule has 3 rings (SSSR count). The van der Waals surface area contributed by atoms with Crippen LogP contribution in [0.1, 0.15) is 44.7 Å². The lowest BCUT2D eigenvalue weighted by Crippen LogP contribution is -2.29. The first-order valence-electron chi connectivity index (χ1n) is 8.67. The molecule has 132 valence electrons. The van der Waals surface area contributed by atoms with E-state index in [1.165, 1.54) is 9.87 Å². The summed E-state index contributed by atoms with van der Waals surface area (Å²) >= 11 is 0. The smallest absolute Gasteiger partial charge is 0.263 e. The van der Waals surface area contributed by atoms with Gasteiger partial charge in [0.1, 0.15) is 0 Å². The number of allylic oxidation sites excluding steroid dienone is 1. The summed E-state index contributed by atoms with van der Waals surface area (Å²) in [6.07, 6.45) is 3.53. The number of rotatable bonds is 3. The maximum Gasteiger partial charge on any atom is 0.263 e. The van der Waals surface area contributed by atoms with E-state index >= 15 is 0 Å². The van der Waals surface area contributed by atoms with Gasteiger partial charge in [-0.05, 0) is 47.1 Å². The topological polar surface area (TPSA) is 37.4 Å². The van der Waals surface area contributed by atoms with Crippen molar-refractivity contribution >= 4 is 15.6 Å². The standard InChI is InChI=1S/C21H25NO2S/c1-21(2,3)19-13-11-17(12-14-19)18-8-7-15-22(16-18)25(23,24)20-9-5-4-6-10-20/h4-6,9-14,16H,7-8,15H2,1-3H3. The lowest BCUT2D eigenvalue weighted by molar-refractivity contribution is 0.480. The Hall–Kier alpha value is -2.07. The van der Waals surface area contributed by atoms with Gasteiger partial charge >= 0.3 is 0 Å². The molecule has 1 aliphatic heterocycles. The van der Waals surface area contributed by atoms with Crippen LogP contribution in [0.5, 0.6) is 0 Å². The molecule has 2 aromatic rings. The third-order valence-corrected chi connectivity index (χ3v) is 6.37. The van der Waals surface area contributed by atoms with E-state index in [-0.39, 0.29) is 5.41 Å². The lowest BCUT2D eigenvalue weighted by Gasteiger charge is -2.27. The van der Waals surface area contributed by atoms with E-state index in [9.17, 15) is 8.42 Å². The Kier molecular flexibility index (Phi) is 4.74. The summed E-state index contributed by atoms with van der Waals surface area (Å²) in [5.74, 6) is 0. The predicted octanol–water partition coefficient (Wildman–Crippen LogP) is 4.81. The zero-order chi connectivity index (χ0) is 18.1. The Bertz CT molecular complexity index is 860. The molecule has 25 heavy (non-hydrogen) atoms. The lowest BCUT2D eigenvalue weighted by atomic mass is 9.86. The van der Waals surface area contributed by atoms with Crippen LogP contribution in [-0.4, -0.2) is 19.3 Å². The van der Waals surface area contributed by atoms with Crippen molar-refractivity contribution < 1.29 is 8.42 Å². The Morgan fingerprint density at radius 1 is 0.920 bits per heavy atom. The second-order valence-corrected chi connectivity index (χ2v) is 9.40. The Morgan fingerprint density at radius 3 is 2.16 bits per heavy atom. The van der Waals surface area contributed by atoms with E-state index in [1.54, 1.807) is 30.5 Å². The van der Waals surface area contributed by atoms with Gasteiger partial charge in [0.25, 0.3) is 10.0 Å². The molecule has 1 heterocycles. The maximum absolute atomic E-state index is 12.8. The Balaban J connectivity index is 1.91. The number of hydrogen-bond acceptors (Lipinski definition) is 2. The number of benzene rings is 2. The molecule has 0 unspecified atom stereocenters. The molecule has 0 aliphatic carbocycles. The quantitative estimate of drug-likeness (QED) is 0.792. The van der Waals surface area contributed by atoms with E-state index in [0.29, 0.717) is 11.4 Å². The van der Waals surface area contributed by atoms with Crippen LogP contribution in [0.3, 0.4) is 0 Å². The van der Waals surface area contributed by atoms with E-state index in [0.717, 1.165) is 24.0 Å².